The third-order valence-electron chi connectivity index (χ3n) is 4.30. The van der Waals surface area contributed by atoms with Gasteiger partial charge in [0.2, 0.25) is 0 Å². The van der Waals surface area contributed by atoms with E-state index >= 15 is 0 Å². The van der Waals surface area contributed by atoms with E-state index in [0.717, 1.165) is 15.6 Å². The van der Waals surface area contributed by atoms with E-state index in [-0.39, 0.29) is 5.82 Å². The van der Waals surface area contributed by atoms with Gasteiger partial charge in [-0.2, -0.15) is 5.10 Å². The number of nitrogens with one attached hydrogen (secondary N) is 2. The van der Waals surface area contributed by atoms with Crippen LogP contribution in [0.2, 0.25) is 0 Å². The van der Waals surface area contributed by atoms with Crippen molar-refractivity contribution in [2.45, 2.75) is 0 Å². The predicted molar refractivity (Wildman–Crippen MR) is 113 cm³/mol. The molecule has 28 heavy (non-hydrogen) atoms. The van der Waals surface area contributed by atoms with Gasteiger partial charge in [-0.05, 0) is 41.5 Å². The molecule has 0 radical (unpaired) electrons. The zero-order chi connectivity index (χ0) is 19.5. The summed E-state index contributed by atoms with van der Waals surface area (Å²) in [5.74, 6) is -0.757. The van der Waals surface area contributed by atoms with Crippen LogP contribution in [0.1, 0.15) is 16.1 Å². The van der Waals surface area contributed by atoms with Gasteiger partial charge in [-0.25, -0.2) is 9.82 Å². The van der Waals surface area contributed by atoms with Crippen LogP contribution in [0.3, 0.4) is 0 Å². The van der Waals surface area contributed by atoms with Crippen molar-refractivity contribution in [1.82, 2.24) is 10.4 Å². The number of halogens is 2. The fraction of sp³-hybridized carbons (Fsp3) is 0. The number of benzene rings is 3. The number of hydrazone groups is 1. The number of hydrogen-bond acceptors (Lipinski definition) is 2. The molecule has 0 bridgehead atoms. The second-order valence-corrected chi connectivity index (χ2v) is 7.10. The van der Waals surface area contributed by atoms with Gasteiger partial charge in [0.25, 0.3) is 5.91 Å². The summed E-state index contributed by atoms with van der Waals surface area (Å²) in [6, 6.07) is 21.4. The molecule has 4 aromatic rings. The van der Waals surface area contributed by atoms with E-state index < -0.39 is 5.91 Å². The van der Waals surface area contributed by atoms with E-state index in [9.17, 15) is 9.18 Å². The number of rotatable bonds is 4. The Hall–Kier alpha value is -3.25. The second-order valence-electron chi connectivity index (χ2n) is 6.18. The fourth-order valence-corrected chi connectivity index (χ4v) is 3.27. The van der Waals surface area contributed by atoms with Crippen LogP contribution >= 0.6 is 15.9 Å². The van der Waals surface area contributed by atoms with Gasteiger partial charge < -0.3 is 4.98 Å². The molecule has 0 saturated carbocycles. The lowest BCUT2D eigenvalue weighted by atomic mass is 10.0. The SMILES string of the molecule is O=C(N/N=C\c1ccc(Br)cc1)c1[nH]c2ccc(F)cc2c1-c1ccccc1. The third-order valence-corrected chi connectivity index (χ3v) is 4.83. The smallest absolute Gasteiger partial charge is 0.288 e. The van der Waals surface area contributed by atoms with Crippen LogP contribution in [-0.4, -0.2) is 17.1 Å². The summed E-state index contributed by atoms with van der Waals surface area (Å²) < 4.78 is 14.8. The zero-order valence-corrected chi connectivity index (χ0v) is 16.2. The molecule has 4 rings (SSSR count). The lowest BCUT2D eigenvalue weighted by Gasteiger charge is -2.04. The number of carbonyl (C=O) groups excluding carboxylic acids is 1. The highest BCUT2D eigenvalue weighted by molar-refractivity contribution is 9.10. The first-order valence-electron chi connectivity index (χ1n) is 8.57. The van der Waals surface area contributed by atoms with E-state index in [4.69, 9.17) is 0 Å². The van der Waals surface area contributed by atoms with Crippen LogP contribution in [-0.2, 0) is 0 Å². The summed E-state index contributed by atoms with van der Waals surface area (Å²) in [5, 5.41) is 4.68. The van der Waals surface area contributed by atoms with Crippen LogP contribution in [0.5, 0.6) is 0 Å². The zero-order valence-electron chi connectivity index (χ0n) is 14.6. The molecule has 0 aliphatic rings. The molecule has 6 heteroatoms. The number of fused-ring (bicyclic) bond motifs is 1. The standard InChI is InChI=1S/C22H15BrFN3O/c23-16-8-6-14(7-9-16)13-25-27-22(28)21-20(15-4-2-1-3-5-15)18-12-17(24)10-11-19(18)26-21/h1-13,26H,(H,27,28)/b25-13-. The Morgan fingerprint density at radius 2 is 1.79 bits per heavy atom. The summed E-state index contributed by atoms with van der Waals surface area (Å²) >= 11 is 3.37. The van der Waals surface area contributed by atoms with E-state index in [2.05, 4.69) is 31.4 Å². The second kappa shape index (κ2) is 7.78. The average molecular weight is 436 g/mol. The predicted octanol–water partition coefficient (Wildman–Crippen LogP) is 5.50. The van der Waals surface area contributed by atoms with Crippen LogP contribution in [0, 0.1) is 5.82 Å². The molecule has 0 atom stereocenters. The van der Waals surface area contributed by atoms with Crippen LogP contribution < -0.4 is 5.43 Å². The number of H-pyrrole nitrogens is 1. The highest BCUT2D eigenvalue weighted by Gasteiger charge is 2.19. The van der Waals surface area contributed by atoms with Gasteiger partial charge in [-0.1, -0.05) is 58.4 Å². The maximum atomic E-state index is 13.8. The minimum Gasteiger partial charge on any atom is -0.350 e. The number of hydrogen-bond donors (Lipinski definition) is 2. The Labute approximate surface area is 169 Å². The monoisotopic (exact) mass is 435 g/mol. The van der Waals surface area contributed by atoms with Gasteiger partial charge in [0.1, 0.15) is 11.5 Å². The van der Waals surface area contributed by atoms with Crippen molar-refractivity contribution in [2.24, 2.45) is 5.10 Å². The molecule has 1 aromatic heterocycles. The number of aromatic nitrogens is 1. The van der Waals surface area contributed by atoms with Crippen LogP contribution in [0.4, 0.5) is 4.39 Å². The number of aromatic amines is 1. The Morgan fingerprint density at radius 1 is 1.04 bits per heavy atom. The quantitative estimate of drug-likeness (QED) is 0.322. The van der Waals surface area contributed by atoms with Gasteiger partial charge in [0, 0.05) is 20.9 Å². The topological polar surface area (TPSA) is 57.2 Å². The summed E-state index contributed by atoms with van der Waals surface area (Å²) in [5.41, 5.74) is 5.88. The first kappa shape index (κ1) is 18.1. The molecule has 1 heterocycles. The molecule has 2 N–H and O–H groups in total. The van der Waals surface area contributed by atoms with Crippen LogP contribution in [0.15, 0.2) is 82.4 Å². The molecule has 0 fully saturated rings. The van der Waals surface area contributed by atoms with Crippen molar-refractivity contribution in [3.05, 3.63) is 94.3 Å². The van der Waals surface area contributed by atoms with E-state index in [1.807, 2.05) is 54.6 Å². The summed E-state index contributed by atoms with van der Waals surface area (Å²) in [6.45, 7) is 0. The van der Waals surface area contributed by atoms with E-state index in [0.29, 0.717) is 22.2 Å². The lowest BCUT2D eigenvalue weighted by Crippen LogP contribution is -2.18. The molecule has 138 valence electrons. The minimum absolute atomic E-state index is 0.333. The largest absolute Gasteiger partial charge is 0.350 e. The van der Waals surface area contributed by atoms with Crippen molar-refractivity contribution in [1.29, 1.82) is 0 Å². The Bertz CT molecular complexity index is 1170. The van der Waals surface area contributed by atoms with Crippen molar-refractivity contribution in [3.8, 4) is 11.1 Å². The molecule has 1 amide bonds. The molecule has 4 nitrogen and oxygen atoms in total. The number of amides is 1. The number of carbonyl (C=O) groups is 1. The molecule has 0 saturated heterocycles. The molecular formula is C22H15BrFN3O. The minimum atomic E-state index is -0.399. The normalized spacial score (nSPS) is 11.2. The highest BCUT2D eigenvalue weighted by atomic mass is 79.9. The van der Waals surface area contributed by atoms with Gasteiger partial charge in [0.05, 0.1) is 6.21 Å². The van der Waals surface area contributed by atoms with Gasteiger partial charge in [-0.3, -0.25) is 4.79 Å². The maximum Gasteiger partial charge on any atom is 0.288 e. The third kappa shape index (κ3) is 3.73. The maximum absolute atomic E-state index is 13.8. The molecular weight excluding hydrogens is 421 g/mol. The van der Waals surface area contributed by atoms with Crippen molar-refractivity contribution in [3.63, 3.8) is 0 Å². The molecule has 3 aromatic carbocycles. The molecule has 0 spiro atoms. The summed E-state index contributed by atoms with van der Waals surface area (Å²) in [7, 11) is 0. The Morgan fingerprint density at radius 3 is 2.54 bits per heavy atom. The summed E-state index contributed by atoms with van der Waals surface area (Å²) in [4.78, 5) is 15.9. The first-order valence-corrected chi connectivity index (χ1v) is 9.37. The average Bonchev–Trinajstić information content (AvgIpc) is 3.09. The lowest BCUT2D eigenvalue weighted by molar-refractivity contribution is 0.0951. The van der Waals surface area contributed by atoms with Crippen LogP contribution in [0.25, 0.3) is 22.0 Å². The first-order chi connectivity index (χ1) is 13.6. The summed E-state index contributed by atoms with van der Waals surface area (Å²) in [6.07, 6.45) is 1.56. The van der Waals surface area contributed by atoms with Crippen molar-refractivity contribution in [2.75, 3.05) is 0 Å². The molecule has 0 aliphatic heterocycles. The molecule has 0 aliphatic carbocycles. The highest BCUT2D eigenvalue weighted by Crippen LogP contribution is 2.32. The van der Waals surface area contributed by atoms with Crippen molar-refractivity contribution < 1.29 is 9.18 Å². The van der Waals surface area contributed by atoms with E-state index in [1.165, 1.54) is 12.1 Å². The van der Waals surface area contributed by atoms with Gasteiger partial charge in [-0.15, -0.1) is 0 Å². The molecule has 0 unspecified atom stereocenters. The van der Waals surface area contributed by atoms with Gasteiger partial charge >= 0.3 is 0 Å². The van der Waals surface area contributed by atoms with E-state index in [1.54, 1.807) is 12.3 Å². The fourth-order valence-electron chi connectivity index (χ4n) is 3.01. The van der Waals surface area contributed by atoms with Crippen molar-refractivity contribution >= 4 is 39.0 Å². The Kier molecular flexibility index (Phi) is 5.04. The Balaban J connectivity index is 1.69. The van der Waals surface area contributed by atoms with Gasteiger partial charge in [0.15, 0.2) is 0 Å². The number of nitrogens with zero attached hydrogens (tertiary/aromatic N) is 1.